The summed E-state index contributed by atoms with van der Waals surface area (Å²) in [5.74, 6) is -1.19. The Kier molecular flexibility index (Phi) is 12.5. The van der Waals surface area contributed by atoms with Crippen molar-refractivity contribution in [1.29, 1.82) is 0 Å². The Morgan fingerprint density at radius 3 is 2.20 bits per heavy atom. The number of aryl methyl sites for hydroxylation is 1. The molecule has 1 atom stereocenters. The summed E-state index contributed by atoms with van der Waals surface area (Å²) < 4.78 is 12.2. The zero-order valence-corrected chi connectivity index (χ0v) is 27.8. The summed E-state index contributed by atoms with van der Waals surface area (Å²) in [6.07, 6.45) is 0.928. The second-order valence-electron chi connectivity index (χ2n) is 10.2. The minimum absolute atomic E-state index is 0.125. The number of esters is 2. The van der Waals surface area contributed by atoms with E-state index in [0.29, 0.717) is 29.5 Å². The molecule has 11 nitrogen and oxygen atoms in total. The molecular formula is C33H37N5O6S2. The molecule has 0 bridgehead atoms. The van der Waals surface area contributed by atoms with Crippen LogP contribution in [-0.4, -0.2) is 57.0 Å². The average molecular weight is 664 g/mol. The second-order valence-corrected chi connectivity index (χ2v) is 12.5. The molecule has 2 aromatic carbocycles. The van der Waals surface area contributed by atoms with Gasteiger partial charge in [-0.1, -0.05) is 72.4 Å². The van der Waals surface area contributed by atoms with Crippen molar-refractivity contribution in [3.63, 3.8) is 0 Å². The molecule has 2 N–H and O–H groups in total. The van der Waals surface area contributed by atoms with Crippen LogP contribution in [0.3, 0.4) is 0 Å². The number of nitrogens with zero attached hydrogens (tertiary/aromatic N) is 3. The van der Waals surface area contributed by atoms with E-state index in [9.17, 15) is 19.2 Å². The lowest BCUT2D eigenvalue weighted by atomic mass is 10.1. The fourth-order valence-corrected chi connectivity index (χ4v) is 6.52. The third-order valence-electron chi connectivity index (χ3n) is 6.89. The molecule has 0 spiro atoms. The SMILES string of the molecule is CCOC(=O)c1sc(NC(=O)[C@@H](C)Sc2nnc(CNC(=O)Cc3ccccc3)n2CCc2ccccc2)c(C(=O)OCC)c1C. The monoisotopic (exact) mass is 663 g/mol. The standard InChI is InChI=1S/C33H37N5O6S2/c1-5-43-31(41)27-21(3)28(32(42)44-6-2)46-30(27)35-29(40)22(4)45-33-37-36-25(38(33)18-17-23-13-9-7-10-14-23)20-34-26(39)19-24-15-11-8-12-16-24/h7-16,22H,5-6,17-20H2,1-4H3,(H,34,39)(H,35,40)/t22-/m1/s1. The number of thiophene rings is 1. The van der Waals surface area contributed by atoms with E-state index >= 15 is 0 Å². The van der Waals surface area contributed by atoms with Crippen LogP contribution in [0.1, 0.15) is 63.3 Å². The molecule has 0 saturated heterocycles. The zero-order valence-electron chi connectivity index (χ0n) is 26.2. The zero-order chi connectivity index (χ0) is 33.1. The van der Waals surface area contributed by atoms with Gasteiger partial charge in [0.15, 0.2) is 11.0 Å². The van der Waals surface area contributed by atoms with E-state index in [1.54, 1.807) is 27.7 Å². The van der Waals surface area contributed by atoms with Crippen molar-refractivity contribution in [2.24, 2.45) is 0 Å². The number of nitrogens with one attached hydrogen (secondary N) is 2. The summed E-state index contributed by atoms with van der Waals surface area (Å²) in [5.41, 5.74) is 2.54. The number of ether oxygens (including phenoxy) is 2. The Labute approximate surface area is 276 Å². The largest absolute Gasteiger partial charge is 0.462 e. The van der Waals surface area contributed by atoms with E-state index in [-0.39, 0.29) is 47.5 Å². The van der Waals surface area contributed by atoms with Gasteiger partial charge in [0.2, 0.25) is 11.8 Å². The van der Waals surface area contributed by atoms with Gasteiger partial charge in [0.05, 0.1) is 37.0 Å². The van der Waals surface area contributed by atoms with Gasteiger partial charge in [-0.3, -0.25) is 9.59 Å². The number of aromatic nitrogens is 3. The van der Waals surface area contributed by atoms with Gasteiger partial charge in [0.25, 0.3) is 0 Å². The smallest absolute Gasteiger partial charge is 0.348 e. The van der Waals surface area contributed by atoms with E-state index in [2.05, 4.69) is 20.8 Å². The summed E-state index contributed by atoms with van der Waals surface area (Å²) >= 11 is 2.17. The number of carbonyl (C=O) groups is 4. The summed E-state index contributed by atoms with van der Waals surface area (Å²) in [5, 5.41) is 14.5. The lowest BCUT2D eigenvalue weighted by Gasteiger charge is -2.14. The highest BCUT2D eigenvalue weighted by Crippen LogP contribution is 2.35. The van der Waals surface area contributed by atoms with Crippen LogP contribution in [0.2, 0.25) is 0 Å². The van der Waals surface area contributed by atoms with Crippen LogP contribution in [0.25, 0.3) is 0 Å². The first-order valence-corrected chi connectivity index (χ1v) is 16.6. The van der Waals surface area contributed by atoms with Crippen LogP contribution in [0.15, 0.2) is 65.8 Å². The highest BCUT2D eigenvalue weighted by molar-refractivity contribution is 8.00. The van der Waals surface area contributed by atoms with Crippen molar-refractivity contribution in [2.45, 2.75) is 64.0 Å². The van der Waals surface area contributed by atoms with Gasteiger partial charge >= 0.3 is 11.9 Å². The summed E-state index contributed by atoms with van der Waals surface area (Å²) in [7, 11) is 0. The molecule has 0 aliphatic heterocycles. The molecule has 0 unspecified atom stereocenters. The molecular weight excluding hydrogens is 627 g/mol. The lowest BCUT2D eigenvalue weighted by Crippen LogP contribution is -2.27. The normalized spacial score (nSPS) is 11.5. The molecule has 0 saturated carbocycles. The van der Waals surface area contributed by atoms with E-state index in [4.69, 9.17) is 9.47 Å². The Morgan fingerprint density at radius 1 is 0.913 bits per heavy atom. The van der Waals surface area contributed by atoms with Crippen LogP contribution in [-0.2, 0) is 45.0 Å². The van der Waals surface area contributed by atoms with E-state index in [1.807, 2.05) is 65.2 Å². The van der Waals surface area contributed by atoms with Crippen LogP contribution in [0.5, 0.6) is 0 Å². The lowest BCUT2D eigenvalue weighted by molar-refractivity contribution is -0.120. The fourth-order valence-electron chi connectivity index (χ4n) is 4.54. The third-order valence-corrected chi connectivity index (χ3v) is 9.15. The molecule has 242 valence electrons. The Balaban J connectivity index is 1.51. The van der Waals surface area contributed by atoms with Crippen molar-refractivity contribution >= 4 is 51.9 Å². The van der Waals surface area contributed by atoms with Gasteiger partial charge < -0.3 is 24.7 Å². The van der Waals surface area contributed by atoms with Crippen LogP contribution < -0.4 is 10.6 Å². The predicted molar refractivity (Wildman–Crippen MR) is 177 cm³/mol. The summed E-state index contributed by atoms with van der Waals surface area (Å²) in [6.45, 7) is 7.71. The molecule has 2 aromatic heterocycles. The number of amides is 2. The molecule has 0 radical (unpaired) electrons. The Bertz CT molecular complexity index is 1660. The van der Waals surface area contributed by atoms with Crippen molar-refractivity contribution in [3.05, 3.63) is 93.6 Å². The number of thioether (sulfide) groups is 1. The average Bonchev–Trinajstić information content (AvgIpc) is 3.59. The molecule has 4 aromatic rings. The van der Waals surface area contributed by atoms with Crippen molar-refractivity contribution in [3.8, 4) is 0 Å². The van der Waals surface area contributed by atoms with Crippen molar-refractivity contribution in [1.82, 2.24) is 20.1 Å². The number of hydrogen-bond acceptors (Lipinski definition) is 10. The van der Waals surface area contributed by atoms with Crippen molar-refractivity contribution < 1.29 is 28.7 Å². The highest BCUT2D eigenvalue weighted by Gasteiger charge is 2.29. The molecule has 0 aliphatic carbocycles. The molecule has 2 amide bonds. The van der Waals surface area contributed by atoms with E-state index < -0.39 is 23.1 Å². The van der Waals surface area contributed by atoms with Gasteiger partial charge in [0.1, 0.15) is 9.88 Å². The van der Waals surface area contributed by atoms with E-state index in [1.165, 1.54) is 11.8 Å². The predicted octanol–water partition coefficient (Wildman–Crippen LogP) is 5.22. The van der Waals surface area contributed by atoms with Gasteiger partial charge in [-0.15, -0.1) is 21.5 Å². The van der Waals surface area contributed by atoms with Crippen LogP contribution in [0, 0.1) is 6.92 Å². The maximum atomic E-state index is 13.4. The number of rotatable bonds is 15. The minimum atomic E-state index is -0.663. The quantitative estimate of drug-likeness (QED) is 0.129. The second kappa shape index (κ2) is 16.7. The number of benzene rings is 2. The first-order valence-electron chi connectivity index (χ1n) is 14.9. The minimum Gasteiger partial charge on any atom is -0.462 e. The number of hydrogen-bond donors (Lipinski definition) is 2. The number of carbonyl (C=O) groups excluding carboxylic acids is 4. The highest BCUT2D eigenvalue weighted by atomic mass is 32.2. The van der Waals surface area contributed by atoms with Gasteiger partial charge in [-0.05, 0) is 50.8 Å². The molecule has 0 aliphatic rings. The first kappa shape index (κ1) is 34.4. The number of anilines is 1. The maximum absolute atomic E-state index is 13.4. The molecule has 4 rings (SSSR count). The van der Waals surface area contributed by atoms with Gasteiger partial charge in [0, 0.05) is 6.54 Å². The molecule has 46 heavy (non-hydrogen) atoms. The summed E-state index contributed by atoms with van der Waals surface area (Å²) in [6, 6.07) is 19.4. The fraction of sp³-hybridized carbons (Fsp3) is 0.333. The van der Waals surface area contributed by atoms with Crippen LogP contribution >= 0.6 is 23.1 Å². The third kappa shape index (κ3) is 9.04. The maximum Gasteiger partial charge on any atom is 0.348 e. The van der Waals surface area contributed by atoms with Crippen LogP contribution in [0.4, 0.5) is 5.00 Å². The summed E-state index contributed by atoms with van der Waals surface area (Å²) in [4.78, 5) is 51.7. The molecule has 13 heteroatoms. The van der Waals surface area contributed by atoms with Gasteiger partial charge in [-0.25, -0.2) is 9.59 Å². The molecule has 0 fully saturated rings. The Morgan fingerprint density at radius 2 is 1.54 bits per heavy atom. The first-order chi connectivity index (χ1) is 22.2. The van der Waals surface area contributed by atoms with Gasteiger partial charge in [-0.2, -0.15) is 0 Å². The molecule has 2 heterocycles. The topological polar surface area (TPSA) is 142 Å². The van der Waals surface area contributed by atoms with Crippen molar-refractivity contribution in [2.75, 3.05) is 18.5 Å². The van der Waals surface area contributed by atoms with E-state index in [0.717, 1.165) is 22.5 Å². The Hall–Kier alpha value is -4.49.